The van der Waals surface area contributed by atoms with Crippen molar-refractivity contribution in [2.45, 2.75) is 19.3 Å². The Bertz CT molecular complexity index is 584. The number of hydrogen-bond acceptors (Lipinski definition) is 5. The van der Waals surface area contributed by atoms with Crippen molar-refractivity contribution in [1.82, 2.24) is 14.8 Å². The van der Waals surface area contributed by atoms with Crippen molar-refractivity contribution in [3.63, 3.8) is 0 Å². The van der Waals surface area contributed by atoms with E-state index in [0.29, 0.717) is 5.92 Å². The Hall–Kier alpha value is -1.66. The molecule has 6 nitrogen and oxygen atoms in total. The van der Waals surface area contributed by atoms with Crippen LogP contribution in [0.25, 0.3) is 0 Å². The number of anilines is 1. The molecule has 3 rings (SSSR count). The average molecular weight is 332 g/mol. The first-order valence-corrected chi connectivity index (χ1v) is 8.75. The fraction of sp³-hybridized carbons (Fsp3) is 0.667. The number of carbonyl (C=O) groups excluding carboxylic acids is 1. The lowest BCUT2D eigenvalue weighted by molar-refractivity contribution is -0.134. The summed E-state index contributed by atoms with van der Waals surface area (Å²) in [6.45, 7) is 8.09. The van der Waals surface area contributed by atoms with Gasteiger partial charge in [0.1, 0.15) is 6.61 Å². The Labute approximate surface area is 144 Å². The molecule has 132 valence electrons. The van der Waals surface area contributed by atoms with Crippen LogP contribution in [0, 0.1) is 6.92 Å². The van der Waals surface area contributed by atoms with E-state index >= 15 is 0 Å². The van der Waals surface area contributed by atoms with Gasteiger partial charge in [-0.15, -0.1) is 0 Å². The molecular weight excluding hydrogens is 304 g/mol. The predicted octanol–water partition coefficient (Wildman–Crippen LogP) is 1.10. The van der Waals surface area contributed by atoms with Crippen molar-refractivity contribution < 1.29 is 9.53 Å². The van der Waals surface area contributed by atoms with Crippen LogP contribution in [0.1, 0.15) is 23.7 Å². The zero-order valence-electron chi connectivity index (χ0n) is 15.0. The quantitative estimate of drug-likeness (QED) is 0.826. The van der Waals surface area contributed by atoms with Crippen LogP contribution in [-0.2, 0) is 9.53 Å². The second-order valence-corrected chi connectivity index (χ2v) is 6.94. The number of piperazine rings is 1. The number of aromatic nitrogens is 1. The summed E-state index contributed by atoms with van der Waals surface area (Å²) < 4.78 is 4.97. The molecule has 0 saturated carbocycles. The number of nitrogens with zero attached hydrogens (tertiary/aromatic N) is 4. The first-order valence-electron chi connectivity index (χ1n) is 8.75. The third kappa shape index (κ3) is 3.87. The molecule has 6 heteroatoms. The van der Waals surface area contributed by atoms with Crippen LogP contribution in [0.2, 0.25) is 0 Å². The molecule has 0 radical (unpaired) electrons. The van der Waals surface area contributed by atoms with E-state index in [-0.39, 0.29) is 12.5 Å². The van der Waals surface area contributed by atoms with Crippen molar-refractivity contribution in [1.29, 1.82) is 0 Å². The van der Waals surface area contributed by atoms with Gasteiger partial charge in [-0.1, -0.05) is 0 Å². The molecule has 2 saturated heterocycles. The molecule has 24 heavy (non-hydrogen) atoms. The molecule has 2 fully saturated rings. The van der Waals surface area contributed by atoms with E-state index in [1.54, 1.807) is 7.11 Å². The maximum absolute atomic E-state index is 12.0. The predicted molar refractivity (Wildman–Crippen MR) is 94.5 cm³/mol. The fourth-order valence-electron chi connectivity index (χ4n) is 3.57. The van der Waals surface area contributed by atoms with Crippen LogP contribution in [0.5, 0.6) is 0 Å². The summed E-state index contributed by atoms with van der Waals surface area (Å²) in [6.07, 6.45) is 0.980. The lowest BCUT2D eigenvalue weighted by atomic mass is 10.0. The minimum Gasteiger partial charge on any atom is -0.375 e. The lowest BCUT2D eigenvalue weighted by Crippen LogP contribution is -2.44. The van der Waals surface area contributed by atoms with Crippen molar-refractivity contribution in [2.24, 2.45) is 0 Å². The number of ether oxygens (including phenoxy) is 1. The van der Waals surface area contributed by atoms with Crippen LogP contribution in [0.15, 0.2) is 12.1 Å². The van der Waals surface area contributed by atoms with Gasteiger partial charge in [-0.2, -0.15) is 0 Å². The Kier molecular flexibility index (Phi) is 5.36. The number of pyridine rings is 1. The normalized spacial score (nSPS) is 22.2. The van der Waals surface area contributed by atoms with Gasteiger partial charge < -0.3 is 19.4 Å². The second kappa shape index (κ2) is 7.49. The standard InChI is InChI=1S/C18H28N4O2/c1-14-10-16(21-8-6-20(2)7-9-21)11-17(19-14)15-4-5-22(12-15)18(23)13-24-3/h10-11,15H,4-9,12-13H2,1-3H3. The molecule has 1 amide bonds. The van der Waals surface area contributed by atoms with Gasteiger partial charge in [0.25, 0.3) is 0 Å². The van der Waals surface area contributed by atoms with E-state index in [9.17, 15) is 4.79 Å². The second-order valence-electron chi connectivity index (χ2n) is 6.94. The van der Waals surface area contributed by atoms with E-state index in [2.05, 4.69) is 35.9 Å². The Morgan fingerprint density at radius 1 is 1.25 bits per heavy atom. The Morgan fingerprint density at radius 2 is 2.00 bits per heavy atom. The number of aryl methyl sites for hydroxylation is 1. The molecule has 0 bridgehead atoms. The molecule has 0 aromatic carbocycles. The molecule has 2 aliphatic heterocycles. The van der Waals surface area contributed by atoms with E-state index in [1.807, 2.05) is 4.90 Å². The van der Waals surface area contributed by atoms with Crippen LogP contribution in [0.4, 0.5) is 5.69 Å². The molecule has 3 heterocycles. The van der Waals surface area contributed by atoms with Gasteiger partial charge >= 0.3 is 0 Å². The maximum Gasteiger partial charge on any atom is 0.248 e. The van der Waals surface area contributed by atoms with Crippen molar-refractivity contribution in [3.8, 4) is 0 Å². The van der Waals surface area contributed by atoms with Gasteiger partial charge in [0.15, 0.2) is 0 Å². The summed E-state index contributed by atoms with van der Waals surface area (Å²) >= 11 is 0. The topological polar surface area (TPSA) is 48.9 Å². The smallest absolute Gasteiger partial charge is 0.248 e. The summed E-state index contributed by atoms with van der Waals surface area (Å²) in [5, 5.41) is 0. The molecule has 0 N–H and O–H groups in total. The molecular formula is C18H28N4O2. The zero-order chi connectivity index (χ0) is 17.1. The first-order chi connectivity index (χ1) is 11.6. The highest BCUT2D eigenvalue weighted by Crippen LogP contribution is 2.29. The highest BCUT2D eigenvalue weighted by atomic mass is 16.5. The largest absolute Gasteiger partial charge is 0.375 e. The van der Waals surface area contributed by atoms with Crippen molar-refractivity contribution >= 4 is 11.6 Å². The van der Waals surface area contributed by atoms with Crippen molar-refractivity contribution in [2.75, 3.05) is 64.9 Å². The summed E-state index contributed by atoms with van der Waals surface area (Å²) in [5.74, 6) is 0.406. The molecule has 0 aliphatic carbocycles. The highest BCUT2D eigenvalue weighted by molar-refractivity contribution is 5.77. The number of likely N-dealkylation sites (N-methyl/N-ethyl adjacent to an activating group) is 1. The van der Waals surface area contributed by atoms with E-state index in [0.717, 1.165) is 57.1 Å². The highest BCUT2D eigenvalue weighted by Gasteiger charge is 2.28. The van der Waals surface area contributed by atoms with Gasteiger partial charge in [0, 0.05) is 69.4 Å². The Balaban J connectivity index is 1.71. The number of rotatable bonds is 4. The lowest BCUT2D eigenvalue weighted by Gasteiger charge is -2.34. The third-order valence-corrected chi connectivity index (χ3v) is 5.05. The van der Waals surface area contributed by atoms with Gasteiger partial charge in [-0.25, -0.2) is 0 Å². The van der Waals surface area contributed by atoms with E-state index in [4.69, 9.17) is 9.72 Å². The number of carbonyl (C=O) groups is 1. The molecule has 1 atom stereocenters. The third-order valence-electron chi connectivity index (χ3n) is 5.05. The van der Waals surface area contributed by atoms with E-state index < -0.39 is 0 Å². The summed E-state index contributed by atoms with van der Waals surface area (Å²) in [7, 11) is 3.74. The van der Waals surface area contributed by atoms with Gasteiger partial charge in [-0.05, 0) is 32.5 Å². The minimum atomic E-state index is 0.0759. The van der Waals surface area contributed by atoms with Crippen LogP contribution < -0.4 is 4.90 Å². The number of amides is 1. The van der Waals surface area contributed by atoms with E-state index in [1.165, 1.54) is 5.69 Å². The first kappa shape index (κ1) is 17.2. The monoisotopic (exact) mass is 332 g/mol. The van der Waals surface area contributed by atoms with Crippen LogP contribution in [-0.4, -0.2) is 80.7 Å². The number of likely N-dealkylation sites (tertiary alicyclic amines) is 1. The van der Waals surface area contributed by atoms with Gasteiger partial charge in [0.2, 0.25) is 5.91 Å². The molecule has 2 aliphatic rings. The summed E-state index contributed by atoms with van der Waals surface area (Å²) in [5.41, 5.74) is 3.45. The average Bonchev–Trinajstić information content (AvgIpc) is 3.05. The van der Waals surface area contributed by atoms with Crippen LogP contribution >= 0.6 is 0 Å². The molecule has 1 aromatic heterocycles. The molecule has 0 spiro atoms. The number of hydrogen-bond donors (Lipinski definition) is 0. The Morgan fingerprint density at radius 3 is 2.71 bits per heavy atom. The maximum atomic E-state index is 12.0. The minimum absolute atomic E-state index is 0.0759. The van der Waals surface area contributed by atoms with Crippen LogP contribution in [0.3, 0.4) is 0 Å². The number of methoxy groups -OCH3 is 1. The summed E-state index contributed by atoms with van der Waals surface area (Å²) in [4.78, 5) is 23.5. The summed E-state index contributed by atoms with van der Waals surface area (Å²) in [6, 6.07) is 4.41. The van der Waals surface area contributed by atoms with Gasteiger partial charge in [-0.3, -0.25) is 9.78 Å². The molecule has 1 unspecified atom stereocenters. The van der Waals surface area contributed by atoms with Crippen molar-refractivity contribution in [3.05, 3.63) is 23.5 Å². The fourth-order valence-corrected chi connectivity index (χ4v) is 3.57. The SMILES string of the molecule is COCC(=O)N1CCC(c2cc(N3CCN(C)CC3)cc(C)n2)C1. The molecule has 1 aromatic rings. The van der Waals surface area contributed by atoms with Gasteiger partial charge in [0.05, 0.1) is 0 Å². The zero-order valence-corrected chi connectivity index (χ0v) is 15.0.